The summed E-state index contributed by atoms with van der Waals surface area (Å²) in [6, 6.07) is -0.146. The summed E-state index contributed by atoms with van der Waals surface area (Å²) in [7, 11) is -3.86. The Balaban J connectivity index is 4.30. The molecule has 0 saturated heterocycles. The number of hydrogen-bond donors (Lipinski definition) is 2. The van der Waals surface area contributed by atoms with Crippen LogP contribution in [0, 0.1) is 5.92 Å². The molecule has 0 saturated carbocycles. The van der Waals surface area contributed by atoms with E-state index in [0.717, 1.165) is 0 Å². The molecular weight excluding hydrogens is 234 g/mol. The van der Waals surface area contributed by atoms with Gasteiger partial charge in [-0.05, 0) is 12.8 Å². The molecule has 0 aliphatic rings. The van der Waals surface area contributed by atoms with Gasteiger partial charge in [0.15, 0.2) is 9.84 Å². The van der Waals surface area contributed by atoms with Crippen molar-refractivity contribution in [1.82, 2.24) is 5.32 Å². The molecule has 2 N–H and O–H groups in total. The van der Waals surface area contributed by atoms with Gasteiger partial charge in [0, 0.05) is 6.04 Å². The Bertz CT molecular complexity index is 360. The molecule has 0 fully saturated rings. The minimum absolute atomic E-state index is 0.146. The lowest BCUT2D eigenvalue weighted by atomic mass is 10.1. The smallest absolute Gasteiger partial charge is 0.318 e. The van der Waals surface area contributed by atoms with Gasteiger partial charge >= 0.3 is 5.97 Å². The molecule has 6 nitrogen and oxygen atoms in total. The summed E-state index contributed by atoms with van der Waals surface area (Å²) < 4.78 is 22.3. The first kappa shape index (κ1) is 14.9. The molecule has 1 unspecified atom stereocenters. The Kier molecular flexibility index (Phi) is 5.43. The number of carbonyl (C=O) groups excluding carboxylic acids is 1. The zero-order chi connectivity index (χ0) is 12.9. The van der Waals surface area contributed by atoms with Crippen molar-refractivity contribution in [3.05, 3.63) is 0 Å². The van der Waals surface area contributed by atoms with Crippen molar-refractivity contribution in [2.24, 2.45) is 5.92 Å². The van der Waals surface area contributed by atoms with E-state index in [4.69, 9.17) is 5.11 Å². The number of hydrogen-bond acceptors (Lipinski definition) is 4. The predicted octanol–water partition coefficient (Wildman–Crippen LogP) is -0.353. The van der Waals surface area contributed by atoms with E-state index in [2.05, 4.69) is 5.32 Å². The lowest BCUT2D eigenvalue weighted by molar-refractivity contribution is -0.134. The van der Waals surface area contributed by atoms with Crippen LogP contribution in [0.2, 0.25) is 0 Å². The van der Waals surface area contributed by atoms with Crippen LogP contribution in [0.15, 0.2) is 0 Å². The van der Waals surface area contributed by atoms with E-state index in [1.54, 1.807) is 6.92 Å². The number of nitrogens with one attached hydrogen (secondary N) is 1. The molecule has 0 aliphatic carbocycles. The topological polar surface area (TPSA) is 101 Å². The Morgan fingerprint density at radius 1 is 1.19 bits per heavy atom. The minimum atomic E-state index is -3.86. The number of aliphatic carboxylic acids is 1. The number of sulfone groups is 1. The van der Waals surface area contributed by atoms with Gasteiger partial charge in [0.05, 0.1) is 0 Å². The number of carboxylic acid groups (broad SMARTS) is 1. The van der Waals surface area contributed by atoms with Crippen LogP contribution in [0.3, 0.4) is 0 Å². The molecule has 1 atom stereocenters. The SMILES string of the molecule is CC(C)C(C)NC(=O)CS(=O)(=O)CC(=O)O. The maximum absolute atomic E-state index is 11.3. The summed E-state index contributed by atoms with van der Waals surface area (Å²) in [5.74, 6) is -3.73. The molecule has 0 aromatic rings. The van der Waals surface area contributed by atoms with E-state index in [1.807, 2.05) is 13.8 Å². The van der Waals surface area contributed by atoms with Crippen molar-refractivity contribution in [2.75, 3.05) is 11.5 Å². The summed E-state index contributed by atoms with van der Waals surface area (Å²) in [4.78, 5) is 21.5. The zero-order valence-corrected chi connectivity index (χ0v) is 10.4. The van der Waals surface area contributed by atoms with Gasteiger partial charge in [-0.2, -0.15) is 0 Å². The lowest BCUT2D eigenvalue weighted by Crippen LogP contribution is -2.40. The van der Waals surface area contributed by atoms with Crippen LogP contribution in [0.1, 0.15) is 20.8 Å². The fourth-order valence-corrected chi connectivity index (χ4v) is 1.86. The molecule has 0 spiro atoms. The van der Waals surface area contributed by atoms with Gasteiger partial charge in [-0.25, -0.2) is 8.42 Å². The highest BCUT2D eigenvalue weighted by atomic mass is 32.2. The maximum atomic E-state index is 11.3. The monoisotopic (exact) mass is 251 g/mol. The molecule has 1 amide bonds. The number of amides is 1. The molecule has 7 heteroatoms. The fraction of sp³-hybridized carbons (Fsp3) is 0.778. The second-order valence-corrected chi connectivity index (χ2v) is 6.09. The van der Waals surface area contributed by atoms with Gasteiger partial charge in [0.25, 0.3) is 0 Å². The number of carboxylic acids is 1. The first-order valence-electron chi connectivity index (χ1n) is 4.85. The number of rotatable bonds is 6. The highest BCUT2D eigenvalue weighted by molar-refractivity contribution is 7.92. The van der Waals surface area contributed by atoms with Crippen LogP contribution in [0.5, 0.6) is 0 Å². The highest BCUT2D eigenvalue weighted by Gasteiger charge is 2.21. The lowest BCUT2D eigenvalue weighted by Gasteiger charge is -2.17. The van der Waals surface area contributed by atoms with E-state index >= 15 is 0 Å². The fourth-order valence-electron chi connectivity index (χ4n) is 0.901. The summed E-state index contributed by atoms with van der Waals surface area (Å²) in [5.41, 5.74) is 0. The summed E-state index contributed by atoms with van der Waals surface area (Å²) >= 11 is 0. The van der Waals surface area contributed by atoms with E-state index in [-0.39, 0.29) is 12.0 Å². The van der Waals surface area contributed by atoms with E-state index in [9.17, 15) is 18.0 Å². The molecule has 0 bridgehead atoms. The maximum Gasteiger partial charge on any atom is 0.318 e. The van der Waals surface area contributed by atoms with Crippen molar-refractivity contribution in [1.29, 1.82) is 0 Å². The standard InChI is InChI=1S/C9H17NO5S/c1-6(2)7(3)10-8(11)4-16(14,15)5-9(12)13/h6-7H,4-5H2,1-3H3,(H,10,11)(H,12,13). The van der Waals surface area contributed by atoms with Gasteiger partial charge < -0.3 is 10.4 Å². The van der Waals surface area contributed by atoms with E-state index in [1.165, 1.54) is 0 Å². The van der Waals surface area contributed by atoms with Crippen molar-refractivity contribution in [3.63, 3.8) is 0 Å². The van der Waals surface area contributed by atoms with Gasteiger partial charge in [-0.1, -0.05) is 13.8 Å². The Morgan fingerprint density at radius 3 is 2.06 bits per heavy atom. The number of carbonyl (C=O) groups is 2. The molecule has 0 aromatic carbocycles. The van der Waals surface area contributed by atoms with Crippen LogP contribution < -0.4 is 5.32 Å². The van der Waals surface area contributed by atoms with Crippen molar-refractivity contribution in [2.45, 2.75) is 26.8 Å². The van der Waals surface area contributed by atoms with Crippen molar-refractivity contribution in [3.8, 4) is 0 Å². The van der Waals surface area contributed by atoms with Crippen LogP contribution in [0.25, 0.3) is 0 Å². The molecule has 0 rings (SSSR count). The van der Waals surface area contributed by atoms with Crippen LogP contribution in [-0.4, -0.2) is 42.9 Å². The molecule has 0 aromatic heterocycles. The third-order valence-corrected chi connectivity index (χ3v) is 3.47. The minimum Gasteiger partial charge on any atom is -0.480 e. The summed E-state index contributed by atoms with van der Waals surface area (Å²) in [5, 5.41) is 10.8. The summed E-state index contributed by atoms with van der Waals surface area (Å²) in [6.07, 6.45) is 0. The van der Waals surface area contributed by atoms with Crippen molar-refractivity contribution >= 4 is 21.7 Å². The second kappa shape index (κ2) is 5.83. The normalized spacial score (nSPS) is 13.5. The first-order valence-corrected chi connectivity index (χ1v) is 6.68. The Hall–Kier alpha value is -1.11. The molecule has 0 heterocycles. The van der Waals surface area contributed by atoms with Gasteiger partial charge in [0.2, 0.25) is 5.91 Å². The van der Waals surface area contributed by atoms with Crippen molar-refractivity contribution < 1.29 is 23.1 Å². The van der Waals surface area contributed by atoms with Crippen LogP contribution in [-0.2, 0) is 19.4 Å². The van der Waals surface area contributed by atoms with Crippen LogP contribution >= 0.6 is 0 Å². The molecule has 94 valence electrons. The van der Waals surface area contributed by atoms with E-state index < -0.39 is 33.2 Å². The molecule has 0 radical (unpaired) electrons. The predicted molar refractivity (Wildman–Crippen MR) is 58.7 cm³/mol. The average Bonchev–Trinajstić information content (AvgIpc) is 1.98. The van der Waals surface area contributed by atoms with Gasteiger partial charge in [-0.3, -0.25) is 9.59 Å². The largest absolute Gasteiger partial charge is 0.480 e. The second-order valence-electron chi connectivity index (χ2n) is 4.03. The third kappa shape index (κ3) is 6.39. The van der Waals surface area contributed by atoms with E-state index in [0.29, 0.717) is 0 Å². The zero-order valence-electron chi connectivity index (χ0n) is 9.56. The molecular formula is C9H17NO5S. The molecule has 16 heavy (non-hydrogen) atoms. The van der Waals surface area contributed by atoms with Gasteiger partial charge in [0.1, 0.15) is 11.5 Å². The van der Waals surface area contributed by atoms with Gasteiger partial charge in [-0.15, -0.1) is 0 Å². The third-order valence-electron chi connectivity index (χ3n) is 2.08. The average molecular weight is 251 g/mol. The highest BCUT2D eigenvalue weighted by Crippen LogP contribution is 2.00. The molecule has 0 aliphatic heterocycles. The summed E-state index contributed by atoms with van der Waals surface area (Å²) in [6.45, 7) is 5.53. The Morgan fingerprint density at radius 2 is 1.69 bits per heavy atom. The quantitative estimate of drug-likeness (QED) is 0.671. The van der Waals surface area contributed by atoms with Crippen LogP contribution in [0.4, 0.5) is 0 Å². The Labute approximate surface area is 95.0 Å². The first-order chi connectivity index (χ1) is 7.14.